The van der Waals surface area contributed by atoms with Crippen molar-refractivity contribution in [2.45, 2.75) is 24.3 Å². The van der Waals surface area contributed by atoms with Crippen LogP contribution in [-0.2, 0) is 11.2 Å². The number of carbonyl (C=O) groups is 1. The molecule has 0 saturated carbocycles. The minimum absolute atomic E-state index is 0.0104. The van der Waals surface area contributed by atoms with E-state index >= 15 is 0 Å². The Balaban J connectivity index is 2.07. The Morgan fingerprint density at radius 3 is 2.81 bits per heavy atom. The van der Waals surface area contributed by atoms with E-state index in [-0.39, 0.29) is 17.1 Å². The minimum Gasteiger partial charge on any atom is -0.447 e. The topological polar surface area (TPSA) is 29.5 Å². The number of carbonyl (C=O) groups excluding carboxylic acids is 1. The fourth-order valence-corrected chi connectivity index (χ4v) is 2.45. The lowest BCUT2D eigenvalue weighted by atomic mass is 10.1. The van der Waals surface area contributed by atoms with Crippen LogP contribution in [0.4, 0.5) is 4.79 Å². The van der Waals surface area contributed by atoms with Crippen molar-refractivity contribution in [2.24, 2.45) is 0 Å². The lowest BCUT2D eigenvalue weighted by molar-refractivity contribution is 0.157. The molecule has 0 spiro atoms. The molecule has 0 N–H and O–H groups in total. The number of amides is 1. The molecule has 2 rings (SSSR count). The minimum atomic E-state index is -0.231. The molecule has 16 heavy (non-hydrogen) atoms. The average Bonchev–Trinajstić information content (AvgIpc) is 2.61. The molecule has 0 radical (unpaired) electrons. The van der Waals surface area contributed by atoms with Crippen molar-refractivity contribution in [3.05, 3.63) is 35.9 Å². The van der Waals surface area contributed by atoms with E-state index in [2.05, 4.69) is 28.1 Å². The van der Waals surface area contributed by atoms with E-state index in [1.54, 1.807) is 4.90 Å². The summed E-state index contributed by atoms with van der Waals surface area (Å²) < 4.78 is 5.07. The maximum Gasteiger partial charge on any atom is 0.411 e. The SMILES string of the molecule is C[C@@H](Br)N1C(=O)OC[C@H]1Cc1ccccc1. The van der Waals surface area contributed by atoms with Crippen LogP contribution in [0.5, 0.6) is 0 Å². The van der Waals surface area contributed by atoms with Crippen LogP contribution in [0.15, 0.2) is 30.3 Å². The van der Waals surface area contributed by atoms with Gasteiger partial charge in [-0.05, 0) is 18.9 Å². The summed E-state index contributed by atoms with van der Waals surface area (Å²) in [5, 5.41) is 0. The predicted molar refractivity (Wildman–Crippen MR) is 65.5 cm³/mol. The highest BCUT2D eigenvalue weighted by molar-refractivity contribution is 9.09. The number of hydrogen-bond acceptors (Lipinski definition) is 2. The zero-order valence-corrected chi connectivity index (χ0v) is 10.7. The molecule has 86 valence electrons. The Morgan fingerprint density at radius 2 is 2.19 bits per heavy atom. The Hall–Kier alpha value is -1.03. The van der Waals surface area contributed by atoms with Crippen LogP contribution in [0, 0.1) is 0 Å². The molecule has 4 heteroatoms. The monoisotopic (exact) mass is 283 g/mol. The highest BCUT2D eigenvalue weighted by Crippen LogP contribution is 2.22. The molecule has 1 aromatic rings. The molecule has 1 aliphatic heterocycles. The average molecular weight is 284 g/mol. The zero-order chi connectivity index (χ0) is 11.5. The second-order valence-electron chi connectivity index (χ2n) is 3.90. The molecule has 0 bridgehead atoms. The van der Waals surface area contributed by atoms with Crippen LogP contribution in [0.25, 0.3) is 0 Å². The fourth-order valence-electron chi connectivity index (χ4n) is 1.95. The smallest absolute Gasteiger partial charge is 0.411 e. The Kier molecular flexibility index (Phi) is 3.49. The molecule has 1 fully saturated rings. The molecule has 1 heterocycles. The molecule has 2 atom stereocenters. The van der Waals surface area contributed by atoms with Gasteiger partial charge in [0.05, 0.1) is 11.0 Å². The first-order chi connectivity index (χ1) is 7.68. The van der Waals surface area contributed by atoms with Gasteiger partial charge < -0.3 is 4.74 Å². The Bertz CT molecular complexity index is 367. The molecule has 1 aliphatic rings. The van der Waals surface area contributed by atoms with Gasteiger partial charge in [0.2, 0.25) is 0 Å². The van der Waals surface area contributed by atoms with Gasteiger partial charge in [0.25, 0.3) is 0 Å². The highest BCUT2D eigenvalue weighted by atomic mass is 79.9. The lowest BCUT2D eigenvalue weighted by Gasteiger charge is -2.23. The molecular formula is C12H14BrNO2. The summed E-state index contributed by atoms with van der Waals surface area (Å²) in [6.07, 6.45) is 0.605. The van der Waals surface area contributed by atoms with Gasteiger partial charge >= 0.3 is 6.09 Å². The van der Waals surface area contributed by atoms with E-state index in [0.717, 1.165) is 6.42 Å². The summed E-state index contributed by atoms with van der Waals surface area (Å²) in [7, 11) is 0. The van der Waals surface area contributed by atoms with Gasteiger partial charge in [-0.25, -0.2) is 4.79 Å². The third-order valence-electron chi connectivity index (χ3n) is 2.70. The summed E-state index contributed by atoms with van der Waals surface area (Å²) in [5.41, 5.74) is 1.23. The number of ether oxygens (including phenoxy) is 1. The van der Waals surface area contributed by atoms with Crippen LogP contribution in [-0.4, -0.2) is 28.6 Å². The number of rotatable bonds is 3. The van der Waals surface area contributed by atoms with Crippen molar-refractivity contribution in [1.29, 1.82) is 0 Å². The molecule has 3 nitrogen and oxygen atoms in total. The third kappa shape index (κ3) is 2.38. The van der Waals surface area contributed by atoms with E-state index in [9.17, 15) is 4.79 Å². The van der Waals surface area contributed by atoms with Gasteiger partial charge in [-0.3, -0.25) is 4.90 Å². The molecule has 0 aliphatic carbocycles. The van der Waals surface area contributed by atoms with Crippen LogP contribution < -0.4 is 0 Å². The largest absolute Gasteiger partial charge is 0.447 e. The van der Waals surface area contributed by atoms with E-state index < -0.39 is 0 Å². The molecule has 0 aromatic heterocycles. The first-order valence-electron chi connectivity index (χ1n) is 5.31. The van der Waals surface area contributed by atoms with Gasteiger partial charge in [-0.2, -0.15) is 0 Å². The summed E-state index contributed by atoms with van der Waals surface area (Å²) in [6, 6.07) is 10.3. The van der Waals surface area contributed by atoms with Gasteiger partial charge in [-0.1, -0.05) is 46.3 Å². The fraction of sp³-hybridized carbons (Fsp3) is 0.417. The summed E-state index contributed by atoms with van der Waals surface area (Å²) in [5.74, 6) is 0. The van der Waals surface area contributed by atoms with Crippen molar-refractivity contribution in [3.8, 4) is 0 Å². The van der Waals surface area contributed by atoms with Crippen molar-refractivity contribution < 1.29 is 9.53 Å². The van der Waals surface area contributed by atoms with E-state index in [4.69, 9.17) is 4.74 Å². The second kappa shape index (κ2) is 4.87. The predicted octanol–water partition coefficient (Wildman–Crippen LogP) is 2.79. The summed E-state index contributed by atoms with van der Waals surface area (Å²) in [6.45, 7) is 2.41. The summed E-state index contributed by atoms with van der Waals surface area (Å²) in [4.78, 5) is 13.2. The van der Waals surface area contributed by atoms with E-state index in [1.165, 1.54) is 5.56 Å². The molecule has 1 saturated heterocycles. The van der Waals surface area contributed by atoms with Gasteiger partial charge in [-0.15, -0.1) is 0 Å². The van der Waals surface area contributed by atoms with Gasteiger partial charge in [0, 0.05) is 0 Å². The van der Waals surface area contributed by atoms with Crippen LogP contribution in [0.3, 0.4) is 0 Å². The first kappa shape index (κ1) is 11.5. The number of halogens is 1. The Morgan fingerprint density at radius 1 is 1.50 bits per heavy atom. The molecular weight excluding hydrogens is 270 g/mol. The lowest BCUT2D eigenvalue weighted by Crippen LogP contribution is -2.38. The van der Waals surface area contributed by atoms with Crippen molar-refractivity contribution in [3.63, 3.8) is 0 Å². The Labute approximate surface area is 104 Å². The molecule has 1 aromatic carbocycles. The van der Waals surface area contributed by atoms with Gasteiger partial charge in [0.15, 0.2) is 0 Å². The van der Waals surface area contributed by atoms with Crippen molar-refractivity contribution in [1.82, 2.24) is 4.90 Å². The molecule has 0 unspecified atom stereocenters. The van der Waals surface area contributed by atoms with Crippen molar-refractivity contribution in [2.75, 3.05) is 6.61 Å². The van der Waals surface area contributed by atoms with Crippen LogP contribution in [0.2, 0.25) is 0 Å². The van der Waals surface area contributed by atoms with Crippen LogP contribution >= 0.6 is 15.9 Å². The normalized spacial score (nSPS) is 22.0. The van der Waals surface area contributed by atoms with Crippen molar-refractivity contribution >= 4 is 22.0 Å². The van der Waals surface area contributed by atoms with Crippen LogP contribution in [0.1, 0.15) is 12.5 Å². The number of alkyl halides is 1. The maximum atomic E-state index is 11.5. The third-order valence-corrected chi connectivity index (χ3v) is 3.14. The van der Waals surface area contributed by atoms with E-state index in [1.807, 2.05) is 25.1 Å². The van der Waals surface area contributed by atoms with Gasteiger partial charge in [0.1, 0.15) is 6.61 Å². The second-order valence-corrected chi connectivity index (χ2v) is 5.23. The standard InChI is InChI=1S/C12H14BrNO2/c1-9(13)14-11(8-16-12(14)15)7-10-5-3-2-4-6-10/h2-6,9,11H,7-8H2,1H3/t9-,11+/m0/s1. The number of nitrogens with zero attached hydrogens (tertiary/aromatic N) is 1. The number of benzene rings is 1. The first-order valence-corrected chi connectivity index (χ1v) is 6.23. The maximum absolute atomic E-state index is 11.5. The highest BCUT2D eigenvalue weighted by Gasteiger charge is 2.35. The summed E-state index contributed by atoms with van der Waals surface area (Å²) >= 11 is 3.42. The quantitative estimate of drug-likeness (QED) is 0.631. The zero-order valence-electron chi connectivity index (χ0n) is 9.10. The van der Waals surface area contributed by atoms with E-state index in [0.29, 0.717) is 6.61 Å². The number of cyclic esters (lactones) is 1. The number of hydrogen-bond donors (Lipinski definition) is 0. The molecule has 1 amide bonds.